The third kappa shape index (κ3) is 6.39. The average molecular weight is 580 g/mol. The predicted molar refractivity (Wildman–Crippen MR) is 167 cm³/mol. The van der Waals surface area contributed by atoms with E-state index in [1.54, 1.807) is 54.0 Å². The van der Waals surface area contributed by atoms with E-state index in [0.29, 0.717) is 27.2 Å². The van der Waals surface area contributed by atoms with E-state index < -0.39 is 5.91 Å². The molecule has 2 aromatic heterocycles. The van der Waals surface area contributed by atoms with Crippen LogP contribution in [0.15, 0.2) is 84.9 Å². The van der Waals surface area contributed by atoms with Gasteiger partial charge in [0.2, 0.25) is 11.9 Å². The molecule has 3 amide bonds. The molecule has 0 aliphatic heterocycles. The molecule has 3 aromatic carbocycles. The number of aromatic nitrogens is 2. The molecule has 5 aromatic rings. The van der Waals surface area contributed by atoms with Crippen molar-refractivity contribution in [3.63, 3.8) is 0 Å². The summed E-state index contributed by atoms with van der Waals surface area (Å²) in [7, 11) is 3.32. The molecule has 0 saturated heterocycles. The Morgan fingerprint density at radius 2 is 1.76 bits per heavy atom. The van der Waals surface area contributed by atoms with Gasteiger partial charge in [-0.2, -0.15) is 0 Å². The first kappa shape index (κ1) is 28.3. The Labute approximate surface area is 246 Å². The number of nitrogens with one attached hydrogen (secondary N) is 1. The Kier molecular flexibility index (Phi) is 8.44. The van der Waals surface area contributed by atoms with Gasteiger partial charge in [-0.15, -0.1) is 11.3 Å². The number of methoxy groups -OCH3 is 1. The van der Waals surface area contributed by atoms with Crippen molar-refractivity contribution in [2.45, 2.75) is 13.0 Å². The van der Waals surface area contributed by atoms with Crippen molar-refractivity contribution in [2.75, 3.05) is 24.4 Å². The number of carbonyl (C=O) groups excluding carboxylic acids is 3. The standard InChI is InChI=1S/C32H29N5O4S/c1-36(31(40)22-6-4-3-5-7-22)23-11-16-27-26(20-23)34-32(37(27)19-18-29(33)38)35-30(39)28-17-15-25(42-28)14-10-21-8-12-24(41-2)13-9-21/h3-17,20H,18-19H2,1-2H3,(H2,33,38)(H,34,35,39)/b14-10+. The maximum atomic E-state index is 13.2. The summed E-state index contributed by atoms with van der Waals surface area (Å²) >= 11 is 1.35. The summed E-state index contributed by atoms with van der Waals surface area (Å²) < 4.78 is 6.94. The summed E-state index contributed by atoms with van der Waals surface area (Å²) in [6, 6.07) is 25.7. The van der Waals surface area contributed by atoms with Crippen molar-refractivity contribution in [2.24, 2.45) is 5.73 Å². The first-order valence-corrected chi connectivity index (χ1v) is 14.0. The van der Waals surface area contributed by atoms with Gasteiger partial charge in [0.25, 0.3) is 11.8 Å². The van der Waals surface area contributed by atoms with Gasteiger partial charge < -0.3 is 19.9 Å². The molecule has 0 aliphatic rings. The van der Waals surface area contributed by atoms with Crippen molar-refractivity contribution in [3.8, 4) is 5.75 Å². The Hall–Kier alpha value is -5.22. The zero-order valence-electron chi connectivity index (χ0n) is 23.1. The fourth-order valence-electron chi connectivity index (χ4n) is 4.38. The number of primary amides is 1. The number of hydrogen-bond acceptors (Lipinski definition) is 6. The number of carbonyl (C=O) groups is 3. The molecular weight excluding hydrogens is 550 g/mol. The molecule has 0 unspecified atom stereocenters. The summed E-state index contributed by atoms with van der Waals surface area (Å²) in [6.45, 7) is 0.236. The monoisotopic (exact) mass is 579 g/mol. The van der Waals surface area contributed by atoms with E-state index in [9.17, 15) is 14.4 Å². The van der Waals surface area contributed by atoms with Crippen LogP contribution in [0.2, 0.25) is 0 Å². The third-order valence-corrected chi connectivity index (χ3v) is 7.71. The number of thiophene rings is 1. The van der Waals surface area contributed by atoms with Crippen molar-refractivity contribution >= 4 is 63.9 Å². The first-order valence-electron chi connectivity index (χ1n) is 13.2. The molecule has 2 heterocycles. The van der Waals surface area contributed by atoms with E-state index in [4.69, 9.17) is 10.5 Å². The number of benzene rings is 3. The Balaban J connectivity index is 1.37. The molecular formula is C32H29N5O4S. The van der Waals surface area contributed by atoms with Crippen LogP contribution in [-0.2, 0) is 11.3 Å². The highest BCUT2D eigenvalue weighted by Crippen LogP contribution is 2.27. The molecule has 0 bridgehead atoms. The summed E-state index contributed by atoms with van der Waals surface area (Å²) in [6.07, 6.45) is 3.98. The van der Waals surface area contributed by atoms with Crippen LogP contribution >= 0.6 is 11.3 Å². The lowest BCUT2D eigenvalue weighted by Gasteiger charge is -2.17. The van der Waals surface area contributed by atoms with E-state index in [-0.39, 0.29) is 30.7 Å². The Morgan fingerprint density at radius 3 is 2.48 bits per heavy atom. The number of ether oxygens (including phenoxy) is 1. The molecule has 0 fully saturated rings. The number of aryl methyl sites for hydroxylation is 1. The van der Waals surface area contributed by atoms with Crippen LogP contribution in [0.3, 0.4) is 0 Å². The van der Waals surface area contributed by atoms with Gasteiger partial charge in [-0.1, -0.05) is 36.4 Å². The number of anilines is 2. The average Bonchev–Trinajstić information content (AvgIpc) is 3.63. The number of imidazole rings is 1. The minimum absolute atomic E-state index is 0.0712. The van der Waals surface area contributed by atoms with Gasteiger partial charge in [-0.25, -0.2) is 4.98 Å². The van der Waals surface area contributed by atoms with E-state index in [0.717, 1.165) is 16.2 Å². The van der Waals surface area contributed by atoms with E-state index >= 15 is 0 Å². The molecule has 212 valence electrons. The minimum atomic E-state index is -0.467. The summed E-state index contributed by atoms with van der Waals surface area (Å²) in [5, 5.41) is 2.89. The molecule has 10 heteroatoms. The lowest BCUT2D eigenvalue weighted by molar-refractivity contribution is -0.118. The number of rotatable bonds is 10. The summed E-state index contributed by atoms with van der Waals surface area (Å²) in [5.74, 6) is 0.121. The van der Waals surface area contributed by atoms with Gasteiger partial charge in [-0.05, 0) is 66.2 Å². The molecule has 0 aliphatic carbocycles. The normalized spacial score (nSPS) is 11.1. The molecule has 0 saturated carbocycles. The van der Waals surface area contributed by atoms with Gasteiger partial charge in [0, 0.05) is 36.1 Å². The van der Waals surface area contributed by atoms with Crippen LogP contribution in [-0.4, -0.2) is 41.4 Å². The van der Waals surface area contributed by atoms with Crippen LogP contribution in [0.25, 0.3) is 23.2 Å². The highest BCUT2D eigenvalue weighted by atomic mass is 32.1. The predicted octanol–water partition coefficient (Wildman–Crippen LogP) is 5.68. The highest BCUT2D eigenvalue weighted by Gasteiger charge is 2.19. The minimum Gasteiger partial charge on any atom is -0.497 e. The molecule has 0 spiro atoms. The summed E-state index contributed by atoms with van der Waals surface area (Å²) in [5.41, 5.74) is 8.90. The third-order valence-electron chi connectivity index (χ3n) is 6.66. The SMILES string of the molecule is COc1ccc(/C=C/c2ccc(C(=O)Nc3nc4cc(N(C)C(=O)c5ccccc5)ccc4n3CCC(N)=O)s2)cc1. The number of nitrogens with two attached hydrogens (primary N) is 1. The van der Waals surface area contributed by atoms with Crippen molar-refractivity contribution in [1.29, 1.82) is 0 Å². The van der Waals surface area contributed by atoms with Gasteiger partial charge >= 0.3 is 0 Å². The maximum Gasteiger partial charge on any atom is 0.268 e. The molecule has 0 atom stereocenters. The zero-order valence-corrected chi connectivity index (χ0v) is 23.9. The van der Waals surface area contributed by atoms with Gasteiger partial charge in [0.15, 0.2) is 0 Å². The van der Waals surface area contributed by atoms with E-state index in [1.165, 1.54) is 11.3 Å². The maximum absolute atomic E-state index is 13.2. The molecule has 42 heavy (non-hydrogen) atoms. The fourth-order valence-corrected chi connectivity index (χ4v) is 5.19. The van der Waals surface area contributed by atoms with Crippen LogP contribution in [0.5, 0.6) is 5.75 Å². The fraction of sp³-hybridized carbons (Fsp3) is 0.125. The van der Waals surface area contributed by atoms with Crippen LogP contribution in [0.1, 0.15) is 36.9 Å². The number of hydrogen-bond donors (Lipinski definition) is 2. The molecule has 0 radical (unpaired) electrons. The second-order valence-corrected chi connectivity index (χ2v) is 10.6. The van der Waals surface area contributed by atoms with Crippen molar-refractivity contribution in [3.05, 3.63) is 106 Å². The van der Waals surface area contributed by atoms with Crippen molar-refractivity contribution < 1.29 is 19.1 Å². The Morgan fingerprint density at radius 1 is 1.00 bits per heavy atom. The quantitative estimate of drug-likeness (QED) is 0.221. The lowest BCUT2D eigenvalue weighted by atomic mass is 10.2. The van der Waals surface area contributed by atoms with Crippen LogP contribution in [0, 0.1) is 0 Å². The topological polar surface area (TPSA) is 120 Å². The zero-order chi connectivity index (χ0) is 29.6. The first-order chi connectivity index (χ1) is 20.3. The Bertz CT molecular complexity index is 1770. The van der Waals surface area contributed by atoms with Gasteiger partial charge in [-0.3, -0.25) is 19.7 Å². The summed E-state index contributed by atoms with van der Waals surface area (Å²) in [4.78, 5) is 45.4. The molecule has 9 nitrogen and oxygen atoms in total. The largest absolute Gasteiger partial charge is 0.497 e. The van der Waals surface area contributed by atoms with Gasteiger partial charge in [0.05, 0.1) is 23.0 Å². The van der Waals surface area contributed by atoms with Crippen molar-refractivity contribution in [1.82, 2.24) is 9.55 Å². The molecule has 3 N–H and O–H groups in total. The molecule has 5 rings (SSSR count). The van der Waals surface area contributed by atoms with E-state index in [2.05, 4.69) is 10.3 Å². The van der Waals surface area contributed by atoms with Crippen LogP contribution < -0.4 is 20.7 Å². The second-order valence-electron chi connectivity index (χ2n) is 9.47. The lowest BCUT2D eigenvalue weighted by Crippen LogP contribution is -2.26. The number of fused-ring (bicyclic) bond motifs is 1. The van der Waals surface area contributed by atoms with Gasteiger partial charge in [0.1, 0.15) is 5.75 Å². The smallest absolute Gasteiger partial charge is 0.268 e. The highest BCUT2D eigenvalue weighted by molar-refractivity contribution is 7.15. The second kappa shape index (κ2) is 12.5. The van der Waals surface area contributed by atoms with Crippen LogP contribution in [0.4, 0.5) is 11.6 Å². The number of nitrogens with zero attached hydrogens (tertiary/aromatic N) is 3. The van der Waals surface area contributed by atoms with E-state index in [1.807, 2.05) is 66.7 Å². The number of amides is 3.